The molecule has 3 rings (SSSR count). The lowest BCUT2D eigenvalue weighted by Gasteiger charge is -2.20. The second-order valence-electron chi connectivity index (χ2n) is 6.45. The largest absolute Gasteiger partial charge is 0.287 e. The van der Waals surface area contributed by atoms with Crippen LogP contribution in [0.25, 0.3) is 0 Å². The van der Waals surface area contributed by atoms with E-state index in [2.05, 4.69) is 4.99 Å². The van der Waals surface area contributed by atoms with Crippen LogP contribution < -0.4 is 0 Å². The Morgan fingerprint density at radius 3 is 2.45 bits per heavy atom. The number of allylic oxidation sites excluding steroid dienone is 3. The van der Waals surface area contributed by atoms with Gasteiger partial charge in [-0.05, 0) is 17.9 Å². The van der Waals surface area contributed by atoms with Crippen molar-refractivity contribution < 1.29 is 9.59 Å². The number of thioether (sulfide) groups is 1. The van der Waals surface area contributed by atoms with Crippen LogP contribution in [0.15, 0.2) is 25.9 Å². The summed E-state index contributed by atoms with van der Waals surface area (Å²) in [7, 11) is 1.72. The van der Waals surface area contributed by atoms with E-state index in [1.165, 1.54) is 16.7 Å². The molecule has 1 aliphatic carbocycles. The predicted octanol–water partition coefficient (Wildman–Crippen LogP) is 3.19. The third-order valence-corrected chi connectivity index (χ3v) is 6.50. The van der Waals surface area contributed by atoms with Crippen molar-refractivity contribution in [2.45, 2.75) is 27.2 Å². The number of carbonyl (C=O) groups excluding carboxylic acids is 2. The van der Waals surface area contributed by atoms with E-state index in [4.69, 9.17) is 11.6 Å². The van der Waals surface area contributed by atoms with Crippen molar-refractivity contribution in [3.8, 4) is 0 Å². The number of rotatable bonds is 3. The summed E-state index contributed by atoms with van der Waals surface area (Å²) in [5, 5.41) is 0.764. The van der Waals surface area contributed by atoms with Gasteiger partial charge in [-0.1, -0.05) is 44.1 Å². The fourth-order valence-corrected chi connectivity index (χ4v) is 4.69. The Morgan fingerprint density at radius 1 is 1.36 bits per heavy atom. The molecule has 0 aromatic carbocycles. The van der Waals surface area contributed by atoms with E-state index in [9.17, 15) is 9.59 Å². The van der Waals surface area contributed by atoms with Gasteiger partial charge in [-0.25, -0.2) is 0 Å². The number of carbonyl (C=O) groups is 2. The van der Waals surface area contributed by atoms with E-state index in [1.807, 2.05) is 26.8 Å². The van der Waals surface area contributed by atoms with Crippen molar-refractivity contribution in [3.63, 3.8) is 0 Å². The average Bonchev–Trinajstić information content (AvgIpc) is 2.77. The van der Waals surface area contributed by atoms with Gasteiger partial charge in [0.1, 0.15) is 0 Å². The Labute approximate surface area is 139 Å². The molecule has 0 radical (unpaired) electrons. The Morgan fingerprint density at radius 2 is 1.95 bits per heavy atom. The van der Waals surface area contributed by atoms with Crippen molar-refractivity contribution >= 4 is 40.9 Å². The maximum absolute atomic E-state index is 12.4. The second kappa shape index (κ2) is 5.24. The first kappa shape index (κ1) is 15.8. The van der Waals surface area contributed by atoms with E-state index >= 15 is 0 Å². The van der Waals surface area contributed by atoms with Crippen molar-refractivity contribution in [3.05, 3.63) is 20.9 Å². The van der Waals surface area contributed by atoms with Crippen molar-refractivity contribution in [2.75, 3.05) is 13.6 Å². The third kappa shape index (κ3) is 2.17. The molecule has 2 amide bonds. The summed E-state index contributed by atoms with van der Waals surface area (Å²) in [5.74, 6) is -0.313. The van der Waals surface area contributed by atoms with Gasteiger partial charge in [-0.2, -0.15) is 0 Å². The molecule has 6 heteroatoms. The van der Waals surface area contributed by atoms with Crippen LogP contribution >= 0.6 is 23.4 Å². The van der Waals surface area contributed by atoms with Gasteiger partial charge in [0.2, 0.25) is 11.8 Å². The average molecular weight is 339 g/mol. The van der Waals surface area contributed by atoms with Crippen LogP contribution in [-0.4, -0.2) is 36.0 Å². The van der Waals surface area contributed by atoms with E-state index < -0.39 is 0 Å². The SMILES string of the molecule is CC/C(Cl)=C1/SC(CN2C(=O)C3C(C2=O)C3(C)C)=CC1=NC. The molecule has 0 N–H and O–H groups in total. The molecule has 2 heterocycles. The molecule has 22 heavy (non-hydrogen) atoms. The van der Waals surface area contributed by atoms with Crippen molar-refractivity contribution in [2.24, 2.45) is 22.2 Å². The first-order valence-electron chi connectivity index (χ1n) is 7.42. The molecule has 118 valence electrons. The fourth-order valence-electron chi connectivity index (χ4n) is 3.35. The van der Waals surface area contributed by atoms with E-state index in [1.54, 1.807) is 7.05 Å². The van der Waals surface area contributed by atoms with Crippen LogP contribution in [0.1, 0.15) is 27.2 Å². The highest BCUT2D eigenvalue weighted by atomic mass is 35.5. The summed E-state index contributed by atoms with van der Waals surface area (Å²) in [4.78, 5) is 32.3. The quantitative estimate of drug-likeness (QED) is 0.742. The number of aliphatic imine (C=N–C) groups is 1. The molecule has 0 aromatic rings. The van der Waals surface area contributed by atoms with Crippen LogP contribution in [0, 0.1) is 17.3 Å². The van der Waals surface area contributed by atoms with Gasteiger partial charge in [0.05, 0.1) is 29.0 Å². The van der Waals surface area contributed by atoms with Crippen molar-refractivity contribution in [1.29, 1.82) is 0 Å². The Hall–Kier alpha value is -1.07. The number of nitrogens with zero attached hydrogens (tertiary/aromatic N) is 2. The maximum Gasteiger partial charge on any atom is 0.234 e. The normalized spacial score (nSPS) is 33.4. The smallest absolute Gasteiger partial charge is 0.234 e. The highest BCUT2D eigenvalue weighted by molar-refractivity contribution is 8.08. The van der Waals surface area contributed by atoms with E-state index in [0.717, 1.165) is 27.0 Å². The Bertz CT molecular complexity index is 639. The standard InChI is InChI=1S/C16H19ClN2O2S/c1-5-9(17)13-10(18-4)6-8(22-13)7-19-14(20)11-12(15(19)21)16(11,2)3/h6,11-12H,5,7H2,1-4H3/b13-9-,18-10?. The number of halogens is 1. The van der Waals surface area contributed by atoms with E-state index in [-0.39, 0.29) is 29.1 Å². The Kier molecular flexibility index (Phi) is 3.76. The lowest BCUT2D eigenvalue weighted by atomic mass is 10.1. The highest BCUT2D eigenvalue weighted by Gasteiger charge is 2.72. The second-order valence-corrected chi connectivity index (χ2v) is 8.04. The van der Waals surface area contributed by atoms with Gasteiger partial charge in [-0.3, -0.25) is 19.5 Å². The number of likely N-dealkylation sites (tertiary alicyclic amines) is 1. The minimum absolute atomic E-state index is 0.0319. The minimum Gasteiger partial charge on any atom is -0.287 e. The number of hydrogen-bond acceptors (Lipinski definition) is 4. The molecule has 0 spiro atoms. The fraction of sp³-hybridized carbons (Fsp3) is 0.562. The molecule has 2 unspecified atom stereocenters. The number of piperidine rings is 1. The summed E-state index contributed by atoms with van der Waals surface area (Å²) < 4.78 is 0. The first-order valence-corrected chi connectivity index (χ1v) is 8.61. The lowest BCUT2D eigenvalue weighted by molar-refractivity contribution is -0.142. The summed E-state index contributed by atoms with van der Waals surface area (Å²) in [5.41, 5.74) is 0.672. The van der Waals surface area contributed by atoms with Gasteiger partial charge in [0.25, 0.3) is 0 Å². The number of imide groups is 1. The summed E-state index contributed by atoms with van der Waals surface area (Å²) in [6.07, 6.45) is 2.66. The highest BCUT2D eigenvalue weighted by Crippen LogP contribution is 2.63. The minimum atomic E-state index is -0.158. The maximum atomic E-state index is 12.4. The molecular formula is C16H19ClN2O2S. The molecule has 1 saturated carbocycles. The zero-order valence-corrected chi connectivity index (χ0v) is 14.7. The lowest BCUT2D eigenvalue weighted by Crippen LogP contribution is -2.37. The summed E-state index contributed by atoms with van der Waals surface area (Å²) >= 11 is 7.76. The van der Waals surface area contributed by atoms with Crippen LogP contribution in [0.4, 0.5) is 0 Å². The van der Waals surface area contributed by atoms with Crippen LogP contribution in [0.3, 0.4) is 0 Å². The molecule has 0 aromatic heterocycles. The molecule has 2 aliphatic heterocycles. The third-order valence-electron chi connectivity index (χ3n) is 4.77. The molecule has 0 bridgehead atoms. The number of hydrogen-bond donors (Lipinski definition) is 0. The zero-order valence-electron chi connectivity index (χ0n) is 13.1. The van der Waals surface area contributed by atoms with Crippen LogP contribution in [-0.2, 0) is 9.59 Å². The summed E-state index contributed by atoms with van der Waals surface area (Å²) in [6.45, 7) is 6.30. The van der Waals surface area contributed by atoms with Gasteiger partial charge in [-0.15, -0.1) is 0 Å². The van der Waals surface area contributed by atoms with Crippen molar-refractivity contribution in [1.82, 2.24) is 4.90 Å². The van der Waals surface area contributed by atoms with E-state index in [0.29, 0.717) is 6.54 Å². The molecule has 3 aliphatic rings. The molecule has 2 fully saturated rings. The van der Waals surface area contributed by atoms with Gasteiger partial charge in [0.15, 0.2) is 0 Å². The molecule has 4 nitrogen and oxygen atoms in total. The molecule has 2 atom stereocenters. The molecule has 1 saturated heterocycles. The topological polar surface area (TPSA) is 49.7 Å². The van der Waals surface area contributed by atoms with Crippen LogP contribution in [0.5, 0.6) is 0 Å². The Balaban J connectivity index is 1.77. The molecular weight excluding hydrogens is 320 g/mol. The predicted molar refractivity (Wildman–Crippen MR) is 89.7 cm³/mol. The zero-order chi connectivity index (χ0) is 16.2. The first-order chi connectivity index (χ1) is 10.3. The van der Waals surface area contributed by atoms with Gasteiger partial charge in [0, 0.05) is 17.0 Å². The van der Waals surface area contributed by atoms with Gasteiger partial charge < -0.3 is 0 Å². The van der Waals surface area contributed by atoms with Crippen LogP contribution in [0.2, 0.25) is 0 Å². The number of fused-ring (bicyclic) bond motifs is 1. The summed E-state index contributed by atoms with van der Waals surface area (Å²) in [6, 6.07) is 0. The number of amides is 2. The monoisotopic (exact) mass is 338 g/mol. The van der Waals surface area contributed by atoms with Gasteiger partial charge >= 0.3 is 0 Å².